The fourth-order valence-corrected chi connectivity index (χ4v) is 2.86. The average molecular weight is 339 g/mol. The van der Waals surface area contributed by atoms with Gasteiger partial charge < -0.3 is 4.74 Å². The summed E-state index contributed by atoms with van der Waals surface area (Å²) in [7, 11) is 0. The summed E-state index contributed by atoms with van der Waals surface area (Å²) in [6.45, 7) is 5.07. The quantitative estimate of drug-likeness (QED) is 0.148. The highest BCUT2D eigenvalue weighted by Crippen LogP contribution is 2.10. The second kappa shape index (κ2) is 20.3. The Balaban J connectivity index is 3.22. The Morgan fingerprint density at radius 1 is 0.667 bits per heavy atom. The van der Waals surface area contributed by atoms with Crippen LogP contribution in [0.3, 0.4) is 0 Å². The molecule has 0 amide bonds. The predicted molar refractivity (Wildman–Crippen MR) is 105 cm³/mol. The number of rotatable bonds is 18. The lowest BCUT2D eigenvalue weighted by Crippen LogP contribution is -2.02. The molecule has 0 fully saturated rings. The zero-order valence-electron chi connectivity index (χ0n) is 16.5. The first kappa shape index (κ1) is 23.2. The van der Waals surface area contributed by atoms with Crippen LogP contribution in [0.4, 0.5) is 0 Å². The van der Waals surface area contributed by atoms with Crippen LogP contribution in [0.1, 0.15) is 117 Å². The summed E-state index contributed by atoms with van der Waals surface area (Å²) in [5.41, 5.74) is 0. The minimum atomic E-state index is -0.167. The topological polar surface area (TPSA) is 26.3 Å². The molecule has 0 aliphatic rings. The molecule has 0 unspecified atom stereocenters. The molecule has 0 aromatic rings. The zero-order chi connectivity index (χ0) is 17.7. The molecule has 0 heterocycles. The molecule has 0 rings (SSSR count). The number of hydrogen-bond donors (Lipinski definition) is 0. The SMILES string of the molecule is CCCCCCCC=CC(=O)OCCCCCCCCCCCC. The van der Waals surface area contributed by atoms with Crippen molar-refractivity contribution < 1.29 is 9.53 Å². The molecule has 24 heavy (non-hydrogen) atoms. The molecule has 0 saturated heterocycles. The third-order valence-corrected chi connectivity index (χ3v) is 4.47. The van der Waals surface area contributed by atoms with E-state index in [2.05, 4.69) is 13.8 Å². The Labute approximate surface area is 151 Å². The van der Waals surface area contributed by atoms with Crippen molar-refractivity contribution >= 4 is 5.97 Å². The standard InChI is InChI=1S/C22H42O2/c1-3-5-7-9-11-12-13-15-17-19-21-24-22(23)20-18-16-14-10-8-6-4-2/h18,20H,3-17,19,21H2,1-2H3. The lowest BCUT2D eigenvalue weighted by atomic mass is 10.1. The van der Waals surface area contributed by atoms with Gasteiger partial charge >= 0.3 is 5.97 Å². The summed E-state index contributed by atoms with van der Waals surface area (Å²) < 4.78 is 5.23. The van der Waals surface area contributed by atoms with Crippen molar-refractivity contribution in [2.24, 2.45) is 0 Å². The first-order chi connectivity index (χ1) is 11.8. The maximum absolute atomic E-state index is 11.5. The van der Waals surface area contributed by atoms with Gasteiger partial charge in [0.05, 0.1) is 6.61 Å². The summed E-state index contributed by atoms with van der Waals surface area (Å²) in [4.78, 5) is 11.5. The van der Waals surface area contributed by atoms with E-state index in [4.69, 9.17) is 4.74 Å². The van der Waals surface area contributed by atoms with E-state index < -0.39 is 0 Å². The van der Waals surface area contributed by atoms with Crippen LogP contribution in [-0.4, -0.2) is 12.6 Å². The highest BCUT2D eigenvalue weighted by atomic mass is 16.5. The van der Waals surface area contributed by atoms with E-state index >= 15 is 0 Å². The Morgan fingerprint density at radius 2 is 1.12 bits per heavy atom. The van der Waals surface area contributed by atoms with Gasteiger partial charge in [-0.1, -0.05) is 103 Å². The second-order valence-electron chi connectivity index (χ2n) is 6.95. The Morgan fingerprint density at radius 3 is 1.67 bits per heavy atom. The monoisotopic (exact) mass is 338 g/mol. The van der Waals surface area contributed by atoms with Gasteiger partial charge in [-0.3, -0.25) is 0 Å². The van der Waals surface area contributed by atoms with Crippen LogP contribution >= 0.6 is 0 Å². The van der Waals surface area contributed by atoms with Gasteiger partial charge in [-0.25, -0.2) is 4.79 Å². The Hall–Kier alpha value is -0.790. The number of esters is 1. The van der Waals surface area contributed by atoms with Crippen LogP contribution in [0.25, 0.3) is 0 Å². The average Bonchev–Trinajstić information content (AvgIpc) is 2.59. The number of unbranched alkanes of at least 4 members (excludes halogenated alkanes) is 14. The third-order valence-electron chi connectivity index (χ3n) is 4.47. The molecule has 142 valence electrons. The highest BCUT2D eigenvalue weighted by Gasteiger charge is 1.97. The summed E-state index contributed by atoms with van der Waals surface area (Å²) in [6, 6.07) is 0. The van der Waals surface area contributed by atoms with E-state index in [9.17, 15) is 4.79 Å². The van der Waals surface area contributed by atoms with E-state index in [1.54, 1.807) is 6.08 Å². The lowest BCUT2D eigenvalue weighted by Gasteiger charge is -2.03. The molecule has 0 aromatic heterocycles. The van der Waals surface area contributed by atoms with Crippen LogP contribution in [0.5, 0.6) is 0 Å². The second-order valence-corrected chi connectivity index (χ2v) is 6.95. The maximum atomic E-state index is 11.5. The molecule has 0 aliphatic carbocycles. The molecule has 0 atom stereocenters. The molecule has 2 nitrogen and oxygen atoms in total. The smallest absolute Gasteiger partial charge is 0.330 e. The molecule has 0 radical (unpaired) electrons. The van der Waals surface area contributed by atoms with Crippen LogP contribution in [0.15, 0.2) is 12.2 Å². The van der Waals surface area contributed by atoms with Gasteiger partial charge in [0.1, 0.15) is 0 Å². The minimum Gasteiger partial charge on any atom is -0.463 e. The van der Waals surface area contributed by atoms with Crippen LogP contribution in [0, 0.1) is 0 Å². The van der Waals surface area contributed by atoms with Crippen molar-refractivity contribution in [3.05, 3.63) is 12.2 Å². The third kappa shape index (κ3) is 19.3. The molecule has 0 saturated carbocycles. The zero-order valence-corrected chi connectivity index (χ0v) is 16.5. The fraction of sp³-hybridized carbons (Fsp3) is 0.864. The minimum absolute atomic E-state index is 0.167. The van der Waals surface area contributed by atoms with Gasteiger partial charge in [-0.2, -0.15) is 0 Å². The lowest BCUT2D eigenvalue weighted by molar-refractivity contribution is -0.137. The van der Waals surface area contributed by atoms with Gasteiger partial charge in [0.25, 0.3) is 0 Å². The van der Waals surface area contributed by atoms with Crippen molar-refractivity contribution in [3.63, 3.8) is 0 Å². The molecule has 0 N–H and O–H groups in total. The van der Waals surface area contributed by atoms with E-state index in [-0.39, 0.29) is 5.97 Å². The fourth-order valence-electron chi connectivity index (χ4n) is 2.86. The molecular weight excluding hydrogens is 296 g/mol. The molecule has 0 aromatic carbocycles. The Kier molecular flexibility index (Phi) is 19.6. The highest BCUT2D eigenvalue weighted by molar-refractivity contribution is 5.81. The predicted octanol–water partition coefficient (Wildman–Crippen LogP) is 7.37. The van der Waals surface area contributed by atoms with Crippen LogP contribution in [0.2, 0.25) is 0 Å². The van der Waals surface area contributed by atoms with Crippen molar-refractivity contribution in [2.75, 3.05) is 6.61 Å². The van der Waals surface area contributed by atoms with E-state index in [0.717, 1.165) is 12.8 Å². The first-order valence-electron chi connectivity index (χ1n) is 10.6. The number of carbonyl (C=O) groups is 1. The van der Waals surface area contributed by atoms with Crippen molar-refractivity contribution in [2.45, 2.75) is 117 Å². The molecule has 0 aliphatic heterocycles. The maximum Gasteiger partial charge on any atom is 0.330 e. The van der Waals surface area contributed by atoms with Crippen molar-refractivity contribution in [1.82, 2.24) is 0 Å². The summed E-state index contributed by atoms with van der Waals surface area (Å²) in [5, 5.41) is 0. The molecule has 2 heteroatoms. The first-order valence-corrected chi connectivity index (χ1v) is 10.6. The van der Waals surface area contributed by atoms with Gasteiger partial charge in [0, 0.05) is 6.08 Å². The normalized spacial score (nSPS) is 11.2. The number of allylic oxidation sites excluding steroid dienone is 1. The van der Waals surface area contributed by atoms with Gasteiger partial charge in [-0.05, 0) is 19.3 Å². The Bertz CT molecular complexity index is 284. The van der Waals surface area contributed by atoms with E-state index in [1.165, 1.54) is 89.9 Å². The number of hydrogen-bond acceptors (Lipinski definition) is 2. The van der Waals surface area contributed by atoms with Crippen LogP contribution < -0.4 is 0 Å². The van der Waals surface area contributed by atoms with Gasteiger partial charge in [-0.15, -0.1) is 0 Å². The largest absolute Gasteiger partial charge is 0.463 e. The van der Waals surface area contributed by atoms with Gasteiger partial charge in [0.15, 0.2) is 0 Å². The number of ether oxygens (including phenoxy) is 1. The molecular formula is C22H42O2. The summed E-state index contributed by atoms with van der Waals surface area (Å²) >= 11 is 0. The summed E-state index contributed by atoms with van der Waals surface area (Å²) in [5.74, 6) is -0.167. The van der Waals surface area contributed by atoms with E-state index in [1.807, 2.05) is 6.08 Å². The van der Waals surface area contributed by atoms with Crippen LogP contribution in [-0.2, 0) is 9.53 Å². The number of carbonyl (C=O) groups excluding carboxylic acids is 1. The van der Waals surface area contributed by atoms with Crippen molar-refractivity contribution in [3.8, 4) is 0 Å². The molecule has 0 bridgehead atoms. The van der Waals surface area contributed by atoms with Gasteiger partial charge in [0.2, 0.25) is 0 Å². The molecule has 0 spiro atoms. The van der Waals surface area contributed by atoms with E-state index in [0.29, 0.717) is 6.61 Å². The summed E-state index contributed by atoms with van der Waals surface area (Å²) in [6.07, 6.45) is 24.0. The van der Waals surface area contributed by atoms with Crippen molar-refractivity contribution in [1.29, 1.82) is 0 Å².